The molecule has 0 aliphatic heterocycles. The summed E-state index contributed by atoms with van der Waals surface area (Å²) in [4.78, 5) is 13.3. The summed E-state index contributed by atoms with van der Waals surface area (Å²) in [5, 5.41) is 0. The van der Waals surface area contributed by atoms with Crippen LogP contribution >= 0.6 is 15.9 Å². The van der Waals surface area contributed by atoms with Gasteiger partial charge in [-0.1, -0.05) is 29.8 Å². The van der Waals surface area contributed by atoms with E-state index in [9.17, 15) is 4.79 Å². The van der Waals surface area contributed by atoms with Crippen LogP contribution in [0.2, 0.25) is 0 Å². The highest BCUT2D eigenvalue weighted by molar-refractivity contribution is 9.09. The van der Waals surface area contributed by atoms with Crippen molar-refractivity contribution in [1.82, 2.24) is 4.90 Å². The monoisotopic (exact) mass is 250 g/mol. The van der Waals surface area contributed by atoms with Crippen LogP contribution in [0.25, 0.3) is 0 Å². The molecule has 0 bridgehead atoms. The lowest BCUT2D eigenvalue weighted by Crippen LogP contribution is -2.34. The topological polar surface area (TPSA) is 46.3 Å². The molecule has 0 aromatic rings. The Hall–Kier alpha value is -0.0900. The Bertz CT molecular complexity index is 151. The Morgan fingerprint density at radius 1 is 1.62 bits per heavy atom. The van der Waals surface area contributed by atoms with Crippen LogP contribution in [0.4, 0.5) is 0 Å². The summed E-state index contributed by atoms with van der Waals surface area (Å²) in [6.45, 7) is 6.40. The molecule has 1 atom stereocenters. The summed E-state index contributed by atoms with van der Waals surface area (Å²) < 4.78 is 0. The number of amides is 1. The Labute approximate surface area is 88.8 Å². The van der Waals surface area contributed by atoms with Gasteiger partial charge in [0.15, 0.2) is 0 Å². The predicted octanol–water partition coefficient (Wildman–Crippen LogP) is 1.36. The first-order chi connectivity index (χ1) is 6.06. The summed E-state index contributed by atoms with van der Waals surface area (Å²) in [5.74, 6) is -0.242. The lowest BCUT2D eigenvalue weighted by atomic mass is 10.2. The number of carbonyl (C=O) groups is 1. The highest BCUT2D eigenvalue weighted by atomic mass is 79.9. The number of carbonyl (C=O) groups excluding carboxylic acids is 1. The molecule has 0 radical (unpaired) electrons. The van der Waals surface area contributed by atoms with Gasteiger partial charge >= 0.3 is 0 Å². The third-order valence-electron chi connectivity index (χ3n) is 1.90. The normalized spacial score (nSPS) is 13.2. The van der Waals surface area contributed by atoms with Crippen molar-refractivity contribution in [3.8, 4) is 0 Å². The smallest absolute Gasteiger partial charge is 0.231 e. The van der Waals surface area contributed by atoms with Crippen LogP contribution < -0.4 is 5.73 Å². The maximum atomic E-state index is 10.6. The Balaban J connectivity index is 3.53. The van der Waals surface area contributed by atoms with Gasteiger partial charge in [0.05, 0.1) is 6.54 Å². The summed E-state index contributed by atoms with van der Waals surface area (Å²) >= 11 is 3.49. The molecule has 0 aliphatic carbocycles. The van der Waals surface area contributed by atoms with Crippen LogP contribution in [-0.2, 0) is 4.79 Å². The summed E-state index contributed by atoms with van der Waals surface area (Å²) in [5.41, 5.74) is 5.11. The molecule has 0 aliphatic rings. The number of nitrogens with two attached hydrogens (primary N) is 1. The summed E-state index contributed by atoms with van der Waals surface area (Å²) in [6.07, 6.45) is 2.24. The summed E-state index contributed by atoms with van der Waals surface area (Å²) in [7, 11) is 0. The molecule has 0 saturated heterocycles. The van der Waals surface area contributed by atoms with Gasteiger partial charge in [-0.25, -0.2) is 0 Å². The van der Waals surface area contributed by atoms with Gasteiger partial charge in [-0.2, -0.15) is 0 Å². The Kier molecular flexibility index (Phi) is 7.28. The van der Waals surface area contributed by atoms with Gasteiger partial charge in [-0.15, -0.1) is 0 Å². The number of halogens is 1. The fourth-order valence-electron chi connectivity index (χ4n) is 1.17. The zero-order valence-corrected chi connectivity index (χ0v) is 10.0. The average Bonchev–Trinajstić information content (AvgIpc) is 2.01. The fourth-order valence-corrected chi connectivity index (χ4v) is 1.49. The second-order valence-corrected chi connectivity index (χ2v) is 4.82. The van der Waals surface area contributed by atoms with Gasteiger partial charge in [0.25, 0.3) is 0 Å². The van der Waals surface area contributed by atoms with Gasteiger partial charge < -0.3 is 5.73 Å². The van der Waals surface area contributed by atoms with Crippen LogP contribution in [-0.4, -0.2) is 35.3 Å². The molecule has 0 spiro atoms. The maximum absolute atomic E-state index is 10.6. The minimum atomic E-state index is -0.242. The number of primary amides is 1. The largest absolute Gasteiger partial charge is 0.369 e. The molecule has 0 rings (SSSR count). The second kappa shape index (κ2) is 7.33. The average molecular weight is 251 g/mol. The van der Waals surface area contributed by atoms with E-state index in [2.05, 4.69) is 27.8 Å². The number of hydrogen-bond donors (Lipinski definition) is 1. The van der Waals surface area contributed by atoms with Gasteiger partial charge in [-0.3, -0.25) is 9.69 Å². The highest BCUT2D eigenvalue weighted by Gasteiger charge is 2.05. The quantitative estimate of drug-likeness (QED) is 0.694. The molecule has 1 amide bonds. The lowest BCUT2D eigenvalue weighted by Gasteiger charge is -2.18. The zero-order valence-electron chi connectivity index (χ0n) is 8.42. The van der Waals surface area contributed by atoms with Crippen molar-refractivity contribution in [2.45, 2.75) is 31.5 Å². The third-order valence-corrected chi connectivity index (χ3v) is 2.36. The lowest BCUT2D eigenvalue weighted by molar-refractivity contribution is -0.119. The molecule has 0 aromatic carbocycles. The van der Waals surface area contributed by atoms with E-state index in [1.54, 1.807) is 0 Å². The molecule has 4 heteroatoms. The van der Waals surface area contributed by atoms with Crippen LogP contribution in [0.5, 0.6) is 0 Å². The minimum absolute atomic E-state index is 0.242. The van der Waals surface area contributed by atoms with Crippen LogP contribution in [0.1, 0.15) is 26.7 Å². The molecule has 0 saturated carbocycles. The van der Waals surface area contributed by atoms with Crippen LogP contribution in [0, 0.1) is 0 Å². The molecule has 13 heavy (non-hydrogen) atoms. The summed E-state index contributed by atoms with van der Waals surface area (Å²) in [6, 6.07) is 0. The molecule has 0 aromatic heterocycles. The first-order valence-corrected chi connectivity index (χ1v) is 5.62. The molecule has 3 nitrogen and oxygen atoms in total. The predicted molar refractivity (Wildman–Crippen MR) is 58.9 cm³/mol. The molecule has 0 heterocycles. The van der Waals surface area contributed by atoms with E-state index in [1.165, 1.54) is 0 Å². The first-order valence-electron chi connectivity index (χ1n) is 4.71. The van der Waals surface area contributed by atoms with E-state index in [4.69, 9.17) is 5.73 Å². The van der Waals surface area contributed by atoms with Crippen LogP contribution in [0.3, 0.4) is 0 Å². The van der Waals surface area contributed by atoms with Gasteiger partial charge in [0, 0.05) is 4.83 Å². The number of hydrogen-bond acceptors (Lipinski definition) is 2. The third kappa shape index (κ3) is 8.25. The molecular weight excluding hydrogens is 232 g/mol. The maximum Gasteiger partial charge on any atom is 0.231 e. The van der Waals surface area contributed by atoms with E-state index in [-0.39, 0.29) is 5.91 Å². The van der Waals surface area contributed by atoms with E-state index in [1.807, 2.05) is 6.92 Å². The standard InChI is InChI=1S/C9H19BrN2O/c1-3-12(7-9(11)13)6-4-5-8(2)10/h8H,3-7H2,1-2H3,(H2,11,13). The Morgan fingerprint density at radius 2 is 2.23 bits per heavy atom. The van der Waals surface area contributed by atoms with Crippen molar-refractivity contribution in [3.63, 3.8) is 0 Å². The van der Waals surface area contributed by atoms with Gasteiger partial charge in [-0.05, 0) is 25.9 Å². The van der Waals surface area contributed by atoms with E-state index in [0.717, 1.165) is 25.9 Å². The van der Waals surface area contributed by atoms with Gasteiger partial charge in [0.1, 0.15) is 0 Å². The number of nitrogens with zero attached hydrogens (tertiary/aromatic N) is 1. The number of likely N-dealkylation sites (N-methyl/N-ethyl adjacent to an activating group) is 1. The first kappa shape index (κ1) is 12.9. The minimum Gasteiger partial charge on any atom is -0.369 e. The number of alkyl halides is 1. The Morgan fingerprint density at radius 3 is 2.62 bits per heavy atom. The number of rotatable bonds is 7. The molecule has 2 N–H and O–H groups in total. The van der Waals surface area contributed by atoms with Crippen molar-refractivity contribution in [1.29, 1.82) is 0 Å². The van der Waals surface area contributed by atoms with Gasteiger partial charge in [0.2, 0.25) is 5.91 Å². The van der Waals surface area contributed by atoms with Crippen molar-refractivity contribution >= 4 is 21.8 Å². The van der Waals surface area contributed by atoms with Crippen molar-refractivity contribution in [3.05, 3.63) is 0 Å². The highest BCUT2D eigenvalue weighted by Crippen LogP contribution is 2.06. The zero-order chi connectivity index (χ0) is 10.3. The molecule has 1 unspecified atom stereocenters. The van der Waals surface area contributed by atoms with E-state index in [0.29, 0.717) is 11.4 Å². The fraction of sp³-hybridized carbons (Fsp3) is 0.889. The molecule has 78 valence electrons. The van der Waals surface area contributed by atoms with Crippen LogP contribution in [0.15, 0.2) is 0 Å². The SMILES string of the molecule is CCN(CCCC(C)Br)CC(N)=O. The van der Waals surface area contributed by atoms with Crippen molar-refractivity contribution in [2.24, 2.45) is 5.73 Å². The van der Waals surface area contributed by atoms with E-state index < -0.39 is 0 Å². The molecule has 0 fully saturated rings. The molecular formula is C9H19BrN2O. The van der Waals surface area contributed by atoms with Crippen molar-refractivity contribution < 1.29 is 4.79 Å². The van der Waals surface area contributed by atoms with Crippen molar-refractivity contribution in [2.75, 3.05) is 19.6 Å². The second-order valence-electron chi connectivity index (χ2n) is 3.26. The van der Waals surface area contributed by atoms with E-state index >= 15 is 0 Å².